The Labute approximate surface area is 165 Å². The van der Waals surface area contributed by atoms with E-state index in [0.717, 1.165) is 54.1 Å². The van der Waals surface area contributed by atoms with Crippen molar-refractivity contribution < 1.29 is 9.53 Å². The molecular formula is C22H26N4O2. The summed E-state index contributed by atoms with van der Waals surface area (Å²) < 4.78 is 7.65. The number of pyridine rings is 1. The molecule has 6 heteroatoms. The molecule has 1 aliphatic heterocycles. The van der Waals surface area contributed by atoms with Crippen LogP contribution >= 0.6 is 0 Å². The lowest BCUT2D eigenvalue weighted by atomic mass is 10.1. The van der Waals surface area contributed by atoms with Gasteiger partial charge in [-0.1, -0.05) is 25.1 Å². The zero-order valence-corrected chi connectivity index (χ0v) is 16.5. The van der Waals surface area contributed by atoms with E-state index in [1.165, 1.54) is 0 Å². The first-order valence-corrected chi connectivity index (χ1v) is 9.92. The van der Waals surface area contributed by atoms with Gasteiger partial charge in [-0.3, -0.25) is 4.79 Å². The molecule has 0 bridgehead atoms. The van der Waals surface area contributed by atoms with Crippen LogP contribution in [-0.2, 0) is 17.6 Å². The first-order chi connectivity index (χ1) is 13.7. The zero-order valence-electron chi connectivity index (χ0n) is 16.5. The van der Waals surface area contributed by atoms with E-state index in [-0.39, 0.29) is 11.9 Å². The number of hydrogen-bond donors (Lipinski definition) is 0. The van der Waals surface area contributed by atoms with Gasteiger partial charge in [0.2, 0.25) is 5.91 Å². The highest BCUT2D eigenvalue weighted by Gasteiger charge is 2.30. The fourth-order valence-electron chi connectivity index (χ4n) is 4.06. The number of amides is 1. The number of benzene rings is 1. The number of methoxy groups -OCH3 is 1. The molecule has 3 aromatic rings. The molecule has 28 heavy (non-hydrogen) atoms. The number of rotatable bonds is 6. The summed E-state index contributed by atoms with van der Waals surface area (Å²) in [7, 11) is 1.64. The van der Waals surface area contributed by atoms with Gasteiger partial charge < -0.3 is 14.2 Å². The SMILES string of the molecule is CCCc1nc2cccnc2n1[C@H]1CCN(C(=O)Cc2ccccc2OC)C1. The maximum Gasteiger partial charge on any atom is 0.227 e. The number of imidazole rings is 1. The number of nitrogens with zero attached hydrogens (tertiary/aromatic N) is 4. The van der Waals surface area contributed by atoms with Gasteiger partial charge in [0.05, 0.1) is 19.6 Å². The predicted octanol–water partition coefficient (Wildman–Crippen LogP) is 3.41. The molecule has 0 unspecified atom stereocenters. The third kappa shape index (κ3) is 3.46. The third-order valence-electron chi connectivity index (χ3n) is 5.41. The molecule has 1 atom stereocenters. The lowest BCUT2D eigenvalue weighted by Gasteiger charge is -2.19. The minimum atomic E-state index is 0.140. The number of ether oxygens (including phenoxy) is 1. The van der Waals surface area contributed by atoms with Crippen LogP contribution in [0.1, 0.15) is 37.2 Å². The standard InChI is InChI=1S/C22H26N4O2/c1-3-7-20-24-18-9-6-12-23-22(18)26(20)17-11-13-25(15-17)21(27)14-16-8-4-5-10-19(16)28-2/h4-6,8-10,12,17H,3,7,11,13-15H2,1-2H3/t17-/m0/s1. The Morgan fingerprint density at radius 3 is 2.93 bits per heavy atom. The van der Waals surface area contributed by atoms with Crippen molar-refractivity contribution in [3.8, 4) is 5.75 Å². The lowest BCUT2D eigenvalue weighted by Crippen LogP contribution is -2.30. The van der Waals surface area contributed by atoms with Crippen LogP contribution in [0.25, 0.3) is 11.2 Å². The largest absolute Gasteiger partial charge is 0.496 e. The number of likely N-dealkylation sites (tertiary alicyclic amines) is 1. The second-order valence-electron chi connectivity index (χ2n) is 7.27. The van der Waals surface area contributed by atoms with Crippen molar-refractivity contribution in [1.82, 2.24) is 19.4 Å². The number of carbonyl (C=O) groups excluding carboxylic acids is 1. The van der Waals surface area contributed by atoms with Gasteiger partial charge in [-0.2, -0.15) is 0 Å². The van der Waals surface area contributed by atoms with E-state index in [9.17, 15) is 4.79 Å². The van der Waals surface area contributed by atoms with E-state index in [2.05, 4.69) is 16.5 Å². The monoisotopic (exact) mass is 378 g/mol. The fourth-order valence-corrected chi connectivity index (χ4v) is 4.06. The Morgan fingerprint density at radius 2 is 2.11 bits per heavy atom. The Bertz CT molecular complexity index is 982. The van der Waals surface area contributed by atoms with Gasteiger partial charge in [0, 0.05) is 31.3 Å². The van der Waals surface area contributed by atoms with Crippen molar-refractivity contribution in [2.75, 3.05) is 20.2 Å². The highest BCUT2D eigenvalue weighted by atomic mass is 16.5. The van der Waals surface area contributed by atoms with E-state index in [4.69, 9.17) is 9.72 Å². The van der Waals surface area contributed by atoms with Crippen molar-refractivity contribution in [3.05, 3.63) is 54.0 Å². The maximum atomic E-state index is 12.9. The lowest BCUT2D eigenvalue weighted by molar-refractivity contribution is -0.129. The number of fused-ring (bicyclic) bond motifs is 1. The summed E-state index contributed by atoms with van der Waals surface area (Å²) in [5.74, 6) is 1.98. The fraction of sp³-hybridized carbons (Fsp3) is 0.409. The van der Waals surface area contributed by atoms with Gasteiger partial charge in [0.25, 0.3) is 0 Å². The molecule has 0 spiro atoms. The highest BCUT2D eigenvalue weighted by molar-refractivity contribution is 5.80. The molecule has 4 rings (SSSR count). The van der Waals surface area contributed by atoms with Crippen LogP contribution in [0, 0.1) is 0 Å². The second kappa shape index (κ2) is 8.00. The molecule has 1 amide bonds. The van der Waals surface area contributed by atoms with Crippen LogP contribution < -0.4 is 4.74 Å². The normalized spacial score (nSPS) is 16.6. The molecule has 0 aliphatic carbocycles. The summed E-state index contributed by atoms with van der Waals surface area (Å²) in [5.41, 5.74) is 2.79. The molecule has 2 aromatic heterocycles. The Kier molecular flexibility index (Phi) is 5.28. The van der Waals surface area contributed by atoms with Crippen LogP contribution in [0.2, 0.25) is 0 Å². The van der Waals surface area contributed by atoms with Crippen LogP contribution in [0.4, 0.5) is 0 Å². The molecule has 0 saturated carbocycles. The Morgan fingerprint density at radius 1 is 1.25 bits per heavy atom. The molecule has 3 heterocycles. The molecule has 0 radical (unpaired) electrons. The summed E-state index contributed by atoms with van der Waals surface area (Å²) in [6.07, 6.45) is 5.06. The molecule has 1 saturated heterocycles. The maximum absolute atomic E-state index is 12.9. The van der Waals surface area contributed by atoms with Crippen LogP contribution in [-0.4, -0.2) is 45.5 Å². The summed E-state index contributed by atoms with van der Waals surface area (Å²) in [4.78, 5) is 24.2. The summed E-state index contributed by atoms with van der Waals surface area (Å²) in [5, 5.41) is 0. The molecule has 1 aromatic carbocycles. The van der Waals surface area contributed by atoms with E-state index >= 15 is 0 Å². The van der Waals surface area contributed by atoms with Crippen molar-refractivity contribution in [1.29, 1.82) is 0 Å². The van der Waals surface area contributed by atoms with Gasteiger partial charge >= 0.3 is 0 Å². The average Bonchev–Trinajstić information content (AvgIpc) is 3.33. The van der Waals surface area contributed by atoms with E-state index in [0.29, 0.717) is 13.0 Å². The predicted molar refractivity (Wildman–Crippen MR) is 108 cm³/mol. The van der Waals surface area contributed by atoms with Gasteiger partial charge in [-0.15, -0.1) is 0 Å². The Hall–Kier alpha value is -2.89. The topological polar surface area (TPSA) is 60.2 Å². The number of para-hydroxylation sites is 1. The zero-order chi connectivity index (χ0) is 19.5. The second-order valence-corrected chi connectivity index (χ2v) is 7.27. The number of hydrogen-bond acceptors (Lipinski definition) is 4. The molecule has 1 fully saturated rings. The van der Waals surface area contributed by atoms with E-state index in [1.807, 2.05) is 47.5 Å². The number of aromatic nitrogens is 3. The minimum Gasteiger partial charge on any atom is -0.496 e. The van der Waals surface area contributed by atoms with Crippen molar-refractivity contribution in [2.45, 2.75) is 38.6 Å². The van der Waals surface area contributed by atoms with Gasteiger partial charge in [-0.25, -0.2) is 9.97 Å². The van der Waals surface area contributed by atoms with Crippen molar-refractivity contribution >= 4 is 17.1 Å². The van der Waals surface area contributed by atoms with E-state index < -0.39 is 0 Å². The van der Waals surface area contributed by atoms with E-state index in [1.54, 1.807) is 7.11 Å². The first kappa shape index (κ1) is 18.5. The molecule has 6 nitrogen and oxygen atoms in total. The first-order valence-electron chi connectivity index (χ1n) is 9.92. The average molecular weight is 378 g/mol. The molecule has 1 aliphatic rings. The molecular weight excluding hydrogens is 352 g/mol. The van der Waals surface area contributed by atoms with Crippen LogP contribution in [0.3, 0.4) is 0 Å². The smallest absolute Gasteiger partial charge is 0.227 e. The van der Waals surface area contributed by atoms with Crippen LogP contribution in [0.5, 0.6) is 5.75 Å². The van der Waals surface area contributed by atoms with Crippen LogP contribution in [0.15, 0.2) is 42.6 Å². The Balaban J connectivity index is 1.53. The number of carbonyl (C=O) groups is 1. The summed E-state index contributed by atoms with van der Waals surface area (Å²) in [6.45, 7) is 3.62. The van der Waals surface area contributed by atoms with Gasteiger partial charge in [0.1, 0.15) is 17.1 Å². The molecule has 0 N–H and O–H groups in total. The third-order valence-corrected chi connectivity index (χ3v) is 5.41. The highest BCUT2D eigenvalue weighted by Crippen LogP contribution is 2.29. The summed E-state index contributed by atoms with van der Waals surface area (Å²) in [6, 6.07) is 11.9. The van der Waals surface area contributed by atoms with Crippen molar-refractivity contribution in [2.24, 2.45) is 0 Å². The van der Waals surface area contributed by atoms with Gasteiger partial charge in [0.15, 0.2) is 5.65 Å². The van der Waals surface area contributed by atoms with Crippen molar-refractivity contribution in [3.63, 3.8) is 0 Å². The summed E-state index contributed by atoms with van der Waals surface area (Å²) >= 11 is 0. The minimum absolute atomic E-state index is 0.140. The van der Waals surface area contributed by atoms with Gasteiger partial charge in [-0.05, 0) is 31.0 Å². The molecule has 146 valence electrons. The number of aryl methyl sites for hydroxylation is 1. The quantitative estimate of drug-likeness (QED) is 0.660.